The molecule has 1 aromatic heterocycles. The highest BCUT2D eigenvalue weighted by Gasteiger charge is 2.29. The van der Waals surface area contributed by atoms with Gasteiger partial charge in [0.2, 0.25) is 0 Å². The second-order valence-electron chi connectivity index (χ2n) is 8.80. The smallest absolute Gasteiger partial charge is 0.260 e. The van der Waals surface area contributed by atoms with Crippen LogP contribution in [0.3, 0.4) is 0 Å². The number of piperidine rings is 1. The Morgan fingerprint density at radius 2 is 1.76 bits per heavy atom. The third-order valence-electron chi connectivity index (χ3n) is 6.30. The van der Waals surface area contributed by atoms with Gasteiger partial charge in [0.05, 0.1) is 12.6 Å². The summed E-state index contributed by atoms with van der Waals surface area (Å²) in [5.41, 5.74) is 1.49. The summed E-state index contributed by atoms with van der Waals surface area (Å²) in [7, 11) is 0. The second-order valence-corrected chi connectivity index (χ2v) is 8.80. The summed E-state index contributed by atoms with van der Waals surface area (Å²) >= 11 is 0. The van der Waals surface area contributed by atoms with Crippen molar-refractivity contribution in [2.75, 3.05) is 6.61 Å². The number of likely N-dealkylation sites (tertiary alicyclic amines) is 1. The summed E-state index contributed by atoms with van der Waals surface area (Å²) in [6.07, 6.45) is 6.31. The fraction of sp³-hybridized carbons (Fsp3) is 0.385. The zero-order chi connectivity index (χ0) is 23.9. The SMILES string of the molecule is CC1CCCC(C)N1C(=O)COc1ccc(C(=O)NC(Cn2cncn2)c2ccccc2)cc1. The van der Waals surface area contributed by atoms with Crippen LogP contribution in [0.1, 0.15) is 55.1 Å². The van der Waals surface area contributed by atoms with E-state index in [1.54, 1.807) is 35.3 Å². The van der Waals surface area contributed by atoms with Crippen LogP contribution in [0, 0.1) is 0 Å². The van der Waals surface area contributed by atoms with Crippen molar-refractivity contribution >= 4 is 11.8 Å². The van der Waals surface area contributed by atoms with Crippen LogP contribution >= 0.6 is 0 Å². The van der Waals surface area contributed by atoms with Gasteiger partial charge in [-0.2, -0.15) is 5.10 Å². The number of nitrogens with zero attached hydrogens (tertiary/aromatic N) is 4. The van der Waals surface area contributed by atoms with E-state index in [-0.39, 0.29) is 36.5 Å². The molecule has 4 rings (SSSR count). The lowest BCUT2D eigenvalue weighted by Gasteiger charge is -2.38. The Balaban J connectivity index is 1.36. The molecule has 0 bridgehead atoms. The zero-order valence-corrected chi connectivity index (χ0v) is 19.6. The van der Waals surface area contributed by atoms with Gasteiger partial charge in [0.15, 0.2) is 6.61 Å². The zero-order valence-electron chi connectivity index (χ0n) is 19.6. The van der Waals surface area contributed by atoms with E-state index in [4.69, 9.17) is 4.74 Å². The van der Waals surface area contributed by atoms with E-state index < -0.39 is 0 Å². The van der Waals surface area contributed by atoms with Crippen LogP contribution in [-0.2, 0) is 11.3 Å². The van der Waals surface area contributed by atoms with E-state index in [2.05, 4.69) is 29.2 Å². The monoisotopic (exact) mass is 461 g/mol. The molecule has 0 aliphatic carbocycles. The fourth-order valence-corrected chi connectivity index (χ4v) is 4.51. The van der Waals surface area contributed by atoms with Crippen molar-refractivity contribution in [3.8, 4) is 5.75 Å². The molecule has 8 nitrogen and oxygen atoms in total. The Labute approximate surface area is 199 Å². The molecule has 0 spiro atoms. The van der Waals surface area contributed by atoms with Crippen molar-refractivity contribution in [2.45, 2.75) is 57.8 Å². The van der Waals surface area contributed by atoms with Gasteiger partial charge in [-0.3, -0.25) is 14.3 Å². The van der Waals surface area contributed by atoms with Gasteiger partial charge >= 0.3 is 0 Å². The molecule has 2 amide bonds. The highest BCUT2D eigenvalue weighted by atomic mass is 16.5. The summed E-state index contributed by atoms with van der Waals surface area (Å²) in [6, 6.07) is 16.8. The average Bonchev–Trinajstić information content (AvgIpc) is 3.36. The molecule has 1 N–H and O–H groups in total. The molecule has 2 heterocycles. The first-order chi connectivity index (χ1) is 16.5. The Bertz CT molecular complexity index is 1060. The minimum atomic E-state index is -0.266. The molecular weight excluding hydrogens is 430 g/mol. The van der Waals surface area contributed by atoms with Gasteiger partial charge in [-0.25, -0.2) is 4.98 Å². The molecule has 1 fully saturated rings. The predicted molar refractivity (Wildman–Crippen MR) is 128 cm³/mol. The molecule has 3 aromatic rings. The molecule has 178 valence electrons. The van der Waals surface area contributed by atoms with Gasteiger partial charge in [-0.1, -0.05) is 30.3 Å². The first-order valence-corrected chi connectivity index (χ1v) is 11.7. The third-order valence-corrected chi connectivity index (χ3v) is 6.30. The van der Waals surface area contributed by atoms with Crippen molar-refractivity contribution in [2.24, 2.45) is 0 Å². The molecule has 0 saturated carbocycles. The van der Waals surface area contributed by atoms with Crippen molar-refractivity contribution < 1.29 is 14.3 Å². The van der Waals surface area contributed by atoms with Crippen LogP contribution in [0.4, 0.5) is 0 Å². The predicted octanol–water partition coefficient (Wildman–Crippen LogP) is 3.62. The lowest BCUT2D eigenvalue weighted by atomic mass is 9.97. The highest BCUT2D eigenvalue weighted by Crippen LogP contribution is 2.23. The summed E-state index contributed by atoms with van der Waals surface area (Å²) in [5.74, 6) is 0.359. The Morgan fingerprint density at radius 1 is 1.06 bits per heavy atom. The quantitative estimate of drug-likeness (QED) is 0.554. The molecular formula is C26H31N5O3. The lowest BCUT2D eigenvalue weighted by molar-refractivity contribution is -0.139. The maximum Gasteiger partial charge on any atom is 0.260 e. The molecule has 2 aromatic carbocycles. The Hall–Kier alpha value is -3.68. The number of hydrogen-bond acceptors (Lipinski definition) is 5. The van der Waals surface area contributed by atoms with Crippen molar-refractivity contribution in [3.05, 3.63) is 78.4 Å². The summed E-state index contributed by atoms with van der Waals surface area (Å²) in [4.78, 5) is 31.6. The summed E-state index contributed by atoms with van der Waals surface area (Å²) < 4.78 is 7.42. The molecule has 1 aliphatic heterocycles. The number of amides is 2. The Morgan fingerprint density at radius 3 is 2.41 bits per heavy atom. The van der Waals surface area contributed by atoms with Gasteiger partial charge in [-0.15, -0.1) is 0 Å². The Kier molecular flexibility index (Phi) is 7.57. The minimum absolute atomic E-state index is 0.000309. The van der Waals surface area contributed by atoms with Gasteiger partial charge in [0, 0.05) is 17.6 Å². The van der Waals surface area contributed by atoms with E-state index in [0.29, 0.717) is 17.9 Å². The van der Waals surface area contributed by atoms with Crippen molar-refractivity contribution in [1.82, 2.24) is 25.0 Å². The molecule has 3 atom stereocenters. The normalized spacial score (nSPS) is 18.8. The van der Waals surface area contributed by atoms with Gasteiger partial charge in [0.1, 0.15) is 18.4 Å². The van der Waals surface area contributed by atoms with Crippen LogP contribution in [0.5, 0.6) is 5.75 Å². The minimum Gasteiger partial charge on any atom is -0.484 e. The first kappa shape index (κ1) is 23.5. The van der Waals surface area contributed by atoms with Crippen LogP contribution in [0.15, 0.2) is 67.3 Å². The van der Waals surface area contributed by atoms with Crippen molar-refractivity contribution in [3.63, 3.8) is 0 Å². The van der Waals surface area contributed by atoms with E-state index in [1.807, 2.05) is 35.2 Å². The molecule has 8 heteroatoms. The van der Waals surface area contributed by atoms with Gasteiger partial charge in [0.25, 0.3) is 11.8 Å². The third kappa shape index (κ3) is 5.81. The van der Waals surface area contributed by atoms with Crippen LogP contribution in [0.2, 0.25) is 0 Å². The van der Waals surface area contributed by atoms with Gasteiger partial charge < -0.3 is 15.0 Å². The van der Waals surface area contributed by atoms with E-state index in [9.17, 15) is 9.59 Å². The standard InChI is InChI=1S/C26H31N5O3/c1-19-7-6-8-20(2)31(19)25(32)16-34-23-13-11-22(12-14-23)26(33)29-24(15-30-18-27-17-28-30)21-9-4-3-5-10-21/h3-5,9-14,17-20,24H,6-8,15-16H2,1-2H3,(H,29,33). The van der Waals surface area contributed by atoms with E-state index >= 15 is 0 Å². The van der Waals surface area contributed by atoms with Crippen LogP contribution in [0.25, 0.3) is 0 Å². The second kappa shape index (κ2) is 11.0. The first-order valence-electron chi connectivity index (χ1n) is 11.7. The number of benzene rings is 2. The number of rotatable bonds is 8. The van der Waals surface area contributed by atoms with Crippen molar-refractivity contribution in [1.29, 1.82) is 0 Å². The molecule has 0 radical (unpaired) electrons. The lowest BCUT2D eigenvalue weighted by Crippen LogP contribution is -2.49. The number of hydrogen-bond donors (Lipinski definition) is 1. The number of carbonyl (C=O) groups is 2. The molecule has 1 saturated heterocycles. The topological polar surface area (TPSA) is 89.4 Å². The van der Waals surface area contributed by atoms with Crippen LogP contribution in [-0.4, -0.2) is 50.2 Å². The molecule has 3 unspecified atom stereocenters. The fourth-order valence-electron chi connectivity index (χ4n) is 4.51. The maximum atomic E-state index is 13.0. The highest BCUT2D eigenvalue weighted by molar-refractivity contribution is 5.94. The van der Waals surface area contributed by atoms with E-state index in [1.165, 1.54) is 6.33 Å². The summed E-state index contributed by atoms with van der Waals surface area (Å²) in [5, 5.41) is 7.24. The number of ether oxygens (including phenoxy) is 1. The van der Waals surface area contributed by atoms with Crippen LogP contribution < -0.4 is 10.1 Å². The van der Waals surface area contributed by atoms with E-state index in [0.717, 1.165) is 24.8 Å². The molecule has 1 aliphatic rings. The largest absolute Gasteiger partial charge is 0.484 e. The van der Waals surface area contributed by atoms with Gasteiger partial charge in [-0.05, 0) is 62.9 Å². The number of nitrogens with one attached hydrogen (secondary N) is 1. The number of carbonyl (C=O) groups excluding carboxylic acids is 2. The maximum absolute atomic E-state index is 13.0. The number of aromatic nitrogens is 3. The average molecular weight is 462 g/mol. The molecule has 34 heavy (non-hydrogen) atoms. The summed E-state index contributed by atoms with van der Waals surface area (Å²) in [6.45, 7) is 4.64.